The van der Waals surface area contributed by atoms with E-state index in [0.29, 0.717) is 19.3 Å². The van der Waals surface area contributed by atoms with Crippen LogP contribution in [0.1, 0.15) is 75.2 Å². The largest absolute Gasteiger partial charge is 0.457 e. The summed E-state index contributed by atoms with van der Waals surface area (Å²) in [5.41, 5.74) is -0.250. The average molecular weight is 516 g/mol. The minimum absolute atomic E-state index is 0.0413. The quantitative estimate of drug-likeness (QED) is 0.153. The van der Waals surface area contributed by atoms with Gasteiger partial charge in [-0.3, -0.25) is 24.5 Å². The fraction of sp³-hybridized carbons (Fsp3) is 0.385. The molecular formula is C26H29NO10. The van der Waals surface area contributed by atoms with Crippen molar-refractivity contribution in [3.8, 4) is 17.2 Å². The predicted octanol–water partition coefficient (Wildman–Crippen LogP) is 5.07. The molecule has 2 aromatic carbocycles. The van der Waals surface area contributed by atoms with Crippen LogP contribution in [0, 0.1) is 10.1 Å². The highest BCUT2D eigenvalue weighted by Gasteiger charge is 2.25. The second-order valence-corrected chi connectivity index (χ2v) is 7.94. The third-order valence-electron chi connectivity index (χ3n) is 4.83. The van der Waals surface area contributed by atoms with Gasteiger partial charge in [-0.1, -0.05) is 32.9 Å². The summed E-state index contributed by atoms with van der Waals surface area (Å²) < 4.78 is 21.3. The molecule has 0 spiro atoms. The molecular weight excluding hydrogens is 486 g/mol. The zero-order chi connectivity index (χ0) is 27.4. The lowest BCUT2D eigenvalue weighted by molar-refractivity contribution is -0.385. The van der Waals surface area contributed by atoms with Crippen LogP contribution in [-0.2, 0) is 25.7 Å². The molecule has 2 aromatic rings. The second-order valence-electron chi connectivity index (χ2n) is 7.94. The van der Waals surface area contributed by atoms with Gasteiger partial charge in [0.25, 0.3) is 5.69 Å². The molecule has 0 atom stereocenters. The Morgan fingerprint density at radius 1 is 0.784 bits per heavy atom. The van der Waals surface area contributed by atoms with Crippen LogP contribution < -0.4 is 14.2 Å². The molecule has 0 heterocycles. The zero-order valence-corrected chi connectivity index (χ0v) is 20.9. The van der Waals surface area contributed by atoms with Gasteiger partial charge < -0.3 is 18.9 Å². The molecule has 0 aliphatic carbocycles. The number of carbonyl (C=O) groups excluding carboxylic acids is 4. The molecule has 11 heteroatoms. The lowest BCUT2D eigenvalue weighted by Crippen LogP contribution is -2.16. The Labute approximate surface area is 213 Å². The van der Waals surface area contributed by atoms with Gasteiger partial charge in [0.2, 0.25) is 5.75 Å². The van der Waals surface area contributed by atoms with Crippen LogP contribution in [-0.4, -0.2) is 28.8 Å². The molecule has 0 unspecified atom stereocenters. The van der Waals surface area contributed by atoms with E-state index in [0.717, 1.165) is 12.1 Å². The molecule has 0 aromatic heterocycles. The van der Waals surface area contributed by atoms with Crippen LogP contribution >= 0.6 is 0 Å². The van der Waals surface area contributed by atoms with Gasteiger partial charge in [0.05, 0.1) is 16.1 Å². The highest BCUT2D eigenvalue weighted by atomic mass is 16.6. The van der Waals surface area contributed by atoms with Gasteiger partial charge in [-0.05, 0) is 37.5 Å². The molecule has 11 nitrogen and oxygen atoms in total. The van der Waals surface area contributed by atoms with E-state index in [2.05, 4.69) is 0 Å². The molecule has 0 aliphatic rings. The minimum atomic E-state index is -0.940. The Bertz CT molecular complexity index is 1120. The Hall–Kier alpha value is -4.28. The number of carbonyl (C=O) groups is 4. The van der Waals surface area contributed by atoms with E-state index < -0.39 is 35.4 Å². The molecule has 0 saturated carbocycles. The van der Waals surface area contributed by atoms with Crippen LogP contribution in [0.25, 0.3) is 0 Å². The van der Waals surface area contributed by atoms with Crippen LogP contribution in [0.15, 0.2) is 36.4 Å². The van der Waals surface area contributed by atoms with E-state index in [-0.39, 0.29) is 53.3 Å². The maximum atomic E-state index is 12.9. The third kappa shape index (κ3) is 8.71. The van der Waals surface area contributed by atoms with Crippen LogP contribution in [0.5, 0.6) is 17.2 Å². The maximum absolute atomic E-state index is 12.9. The molecule has 37 heavy (non-hydrogen) atoms. The number of ether oxygens (including phenoxy) is 4. The molecule has 0 fully saturated rings. The highest BCUT2D eigenvalue weighted by molar-refractivity contribution is 5.92. The van der Waals surface area contributed by atoms with E-state index >= 15 is 0 Å². The number of nitrogens with zero attached hydrogens (tertiary/aromatic N) is 1. The molecule has 0 aliphatic heterocycles. The SMILES string of the molecule is CCCC(=O)Oc1cc(C(=O)OCc2ccccc2[N+](=O)[O-])cc(OC(=O)CCC)c1OC(=O)CCC. The Kier molecular flexibility index (Phi) is 11.2. The lowest BCUT2D eigenvalue weighted by atomic mass is 10.1. The number of esters is 4. The van der Waals surface area contributed by atoms with Gasteiger partial charge in [0.1, 0.15) is 6.61 Å². The number of para-hydroxylation sites is 1. The summed E-state index contributed by atoms with van der Waals surface area (Å²) >= 11 is 0. The number of hydrogen-bond donors (Lipinski definition) is 0. The summed E-state index contributed by atoms with van der Waals surface area (Å²) in [6, 6.07) is 8.01. The second kappa shape index (κ2) is 14.3. The first-order valence-corrected chi connectivity index (χ1v) is 11.9. The van der Waals surface area contributed by atoms with Crippen molar-refractivity contribution in [3.63, 3.8) is 0 Å². The molecule has 198 valence electrons. The van der Waals surface area contributed by atoms with Gasteiger partial charge in [-0.2, -0.15) is 0 Å². The van der Waals surface area contributed by atoms with Crippen molar-refractivity contribution >= 4 is 29.6 Å². The Morgan fingerprint density at radius 3 is 1.76 bits per heavy atom. The molecule has 0 radical (unpaired) electrons. The molecule has 0 bridgehead atoms. The summed E-state index contributed by atoms with van der Waals surface area (Å²) in [7, 11) is 0. The fourth-order valence-corrected chi connectivity index (χ4v) is 3.11. The summed E-state index contributed by atoms with van der Waals surface area (Å²) in [4.78, 5) is 60.3. The van der Waals surface area contributed by atoms with Crippen molar-refractivity contribution in [1.82, 2.24) is 0 Å². The number of nitro benzene ring substituents is 1. The standard InChI is InChI=1S/C26H29NO10/c1-4-9-22(28)35-20-14-18(26(31)34-16-17-12-7-8-13-19(17)27(32)33)15-21(36-23(29)10-5-2)25(20)37-24(30)11-6-3/h7-8,12-15H,4-6,9-11,16H2,1-3H3. The smallest absolute Gasteiger partial charge is 0.338 e. The van der Waals surface area contributed by atoms with Crippen molar-refractivity contribution in [2.75, 3.05) is 0 Å². The summed E-state index contributed by atoms with van der Waals surface area (Å²) in [5, 5.41) is 11.2. The average Bonchev–Trinajstić information content (AvgIpc) is 2.84. The van der Waals surface area contributed by atoms with Crippen LogP contribution in [0.3, 0.4) is 0 Å². The minimum Gasteiger partial charge on any atom is -0.457 e. The number of hydrogen-bond acceptors (Lipinski definition) is 10. The first-order valence-electron chi connectivity index (χ1n) is 11.9. The first kappa shape index (κ1) is 29.0. The molecule has 0 N–H and O–H groups in total. The summed E-state index contributed by atoms with van der Waals surface area (Å²) in [5.74, 6) is -3.84. The van der Waals surface area contributed by atoms with Gasteiger partial charge >= 0.3 is 23.9 Å². The Morgan fingerprint density at radius 2 is 1.27 bits per heavy atom. The molecule has 0 amide bonds. The van der Waals surface area contributed by atoms with E-state index in [9.17, 15) is 29.3 Å². The van der Waals surface area contributed by atoms with Crippen LogP contribution in [0.2, 0.25) is 0 Å². The summed E-state index contributed by atoms with van der Waals surface area (Å²) in [6.45, 7) is 4.87. The Balaban J connectivity index is 2.48. The first-order chi connectivity index (χ1) is 17.7. The van der Waals surface area contributed by atoms with Crippen molar-refractivity contribution < 1.29 is 43.0 Å². The van der Waals surface area contributed by atoms with E-state index in [1.54, 1.807) is 26.8 Å². The molecule has 2 rings (SSSR count). The van der Waals surface area contributed by atoms with Crippen LogP contribution in [0.4, 0.5) is 5.69 Å². The maximum Gasteiger partial charge on any atom is 0.338 e. The monoisotopic (exact) mass is 515 g/mol. The van der Waals surface area contributed by atoms with E-state index in [1.807, 2.05) is 0 Å². The number of benzene rings is 2. The van der Waals surface area contributed by atoms with Crippen molar-refractivity contribution in [2.45, 2.75) is 65.9 Å². The normalized spacial score (nSPS) is 10.4. The van der Waals surface area contributed by atoms with Gasteiger partial charge in [0.15, 0.2) is 11.5 Å². The predicted molar refractivity (Wildman–Crippen MR) is 130 cm³/mol. The van der Waals surface area contributed by atoms with Gasteiger partial charge in [-0.15, -0.1) is 0 Å². The summed E-state index contributed by atoms with van der Waals surface area (Å²) in [6.07, 6.45) is 1.55. The van der Waals surface area contributed by atoms with E-state index in [4.69, 9.17) is 18.9 Å². The van der Waals surface area contributed by atoms with Crippen molar-refractivity contribution in [3.05, 3.63) is 57.6 Å². The molecule has 0 saturated heterocycles. The third-order valence-corrected chi connectivity index (χ3v) is 4.83. The lowest BCUT2D eigenvalue weighted by Gasteiger charge is -2.16. The highest BCUT2D eigenvalue weighted by Crippen LogP contribution is 2.40. The fourth-order valence-electron chi connectivity index (χ4n) is 3.11. The number of nitro groups is 1. The zero-order valence-electron chi connectivity index (χ0n) is 20.9. The van der Waals surface area contributed by atoms with Crippen molar-refractivity contribution in [2.24, 2.45) is 0 Å². The number of rotatable bonds is 13. The van der Waals surface area contributed by atoms with Gasteiger partial charge in [0, 0.05) is 25.3 Å². The van der Waals surface area contributed by atoms with E-state index in [1.165, 1.54) is 18.2 Å². The van der Waals surface area contributed by atoms with Crippen molar-refractivity contribution in [1.29, 1.82) is 0 Å². The topological polar surface area (TPSA) is 148 Å². The van der Waals surface area contributed by atoms with Gasteiger partial charge in [-0.25, -0.2) is 4.79 Å².